The Hall–Kier alpha value is -1.48. The van der Waals surface area contributed by atoms with Crippen LogP contribution in [0, 0.1) is 0 Å². The minimum Gasteiger partial charge on any atom is -0.497 e. The third-order valence-corrected chi connectivity index (χ3v) is 2.85. The molecule has 14 heavy (non-hydrogen) atoms. The van der Waals surface area contributed by atoms with E-state index in [1.54, 1.807) is 18.4 Å². The molecule has 0 aliphatic carbocycles. The maximum absolute atomic E-state index is 5.82. The molecular weight excluding hydrogens is 194 g/mol. The molecule has 72 valence electrons. The highest BCUT2D eigenvalue weighted by molar-refractivity contribution is 7.08. The van der Waals surface area contributed by atoms with E-state index in [-0.39, 0.29) is 0 Å². The number of nitrogen functional groups attached to an aromatic ring is 1. The van der Waals surface area contributed by atoms with Crippen molar-refractivity contribution in [2.75, 3.05) is 12.8 Å². The number of thiophene rings is 1. The van der Waals surface area contributed by atoms with E-state index in [2.05, 4.69) is 5.38 Å². The van der Waals surface area contributed by atoms with Gasteiger partial charge in [0.2, 0.25) is 0 Å². The molecule has 0 atom stereocenters. The van der Waals surface area contributed by atoms with Crippen LogP contribution in [0.15, 0.2) is 35.0 Å². The van der Waals surface area contributed by atoms with Crippen LogP contribution in [0.4, 0.5) is 5.69 Å². The van der Waals surface area contributed by atoms with Crippen molar-refractivity contribution in [1.82, 2.24) is 0 Å². The van der Waals surface area contributed by atoms with E-state index in [0.29, 0.717) is 0 Å². The molecular formula is C11H11NOS. The van der Waals surface area contributed by atoms with Crippen molar-refractivity contribution in [3.05, 3.63) is 35.0 Å². The highest BCUT2D eigenvalue weighted by atomic mass is 32.1. The first-order valence-electron chi connectivity index (χ1n) is 4.27. The zero-order chi connectivity index (χ0) is 9.97. The molecule has 0 bridgehead atoms. The fourth-order valence-corrected chi connectivity index (χ4v) is 2.06. The molecule has 0 radical (unpaired) electrons. The number of hydrogen-bond donors (Lipinski definition) is 1. The average molecular weight is 205 g/mol. The van der Waals surface area contributed by atoms with Crippen LogP contribution in [0.2, 0.25) is 0 Å². The summed E-state index contributed by atoms with van der Waals surface area (Å²) in [7, 11) is 1.66. The minimum absolute atomic E-state index is 0.833. The van der Waals surface area contributed by atoms with Gasteiger partial charge in [-0.3, -0.25) is 0 Å². The van der Waals surface area contributed by atoms with Gasteiger partial charge < -0.3 is 10.5 Å². The van der Waals surface area contributed by atoms with Gasteiger partial charge in [0, 0.05) is 16.3 Å². The molecule has 3 heteroatoms. The predicted octanol–water partition coefficient (Wildman–Crippen LogP) is 3.01. The summed E-state index contributed by atoms with van der Waals surface area (Å²) in [6.45, 7) is 0. The molecule has 2 aromatic rings. The summed E-state index contributed by atoms with van der Waals surface area (Å²) in [5, 5.41) is 4.00. The zero-order valence-electron chi connectivity index (χ0n) is 7.86. The lowest BCUT2D eigenvalue weighted by Gasteiger charge is -2.02. The number of benzene rings is 1. The van der Waals surface area contributed by atoms with Gasteiger partial charge in [-0.05, 0) is 17.7 Å². The summed E-state index contributed by atoms with van der Waals surface area (Å²) in [6, 6.07) is 7.90. The van der Waals surface area contributed by atoms with E-state index in [1.807, 2.05) is 29.6 Å². The Balaban J connectivity index is 2.39. The molecule has 0 amide bonds. The second-order valence-corrected chi connectivity index (χ2v) is 3.71. The summed E-state index contributed by atoms with van der Waals surface area (Å²) in [5.74, 6) is 0.863. The van der Waals surface area contributed by atoms with E-state index in [9.17, 15) is 0 Å². The Morgan fingerprint density at radius 2 is 1.86 bits per heavy atom. The molecule has 0 aliphatic rings. The number of ether oxygens (including phenoxy) is 1. The second kappa shape index (κ2) is 3.72. The molecule has 0 aliphatic heterocycles. The van der Waals surface area contributed by atoms with Crippen molar-refractivity contribution < 1.29 is 4.74 Å². The number of hydrogen-bond acceptors (Lipinski definition) is 3. The van der Waals surface area contributed by atoms with Crippen molar-refractivity contribution in [3.8, 4) is 16.9 Å². The standard InChI is InChI=1S/C11H11NOS/c1-13-9-4-2-8(3-5-9)10-6-14-7-11(10)12/h2-7H,12H2,1H3. The summed E-state index contributed by atoms with van der Waals surface area (Å²) in [4.78, 5) is 0. The normalized spacial score (nSPS) is 10.1. The van der Waals surface area contributed by atoms with Gasteiger partial charge in [-0.1, -0.05) is 12.1 Å². The summed E-state index contributed by atoms with van der Waals surface area (Å²) in [5.41, 5.74) is 8.88. The molecule has 0 spiro atoms. The van der Waals surface area contributed by atoms with Crippen LogP contribution in [0.25, 0.3) is 11.1 Å². The molecule has 0 saturated heterocycles. The summed E-state index contributed by atoms with van der Waals surface area (Å²) >= 11 is 1.61. The molecule has 1 heterocycles. The van der Waals surface area contributed by atoms with Crippen LogP contribution in [0.1, 0.15) is 0 Å². The Morgan fingerprint density at radius 3 is 2.36 bits per heavy atom. The Bertz CT molecular complexity index is 419. The van der Waals surface area contributed by atoms with Gasteiger partial charge in [0.15, 0.2) is 0 Å². The van der Waals surface area contributed by atoms with E-state index in [0.717, 1.165) is 22.6 Å². The molecule has 1 aromatic carbocycles. The van der Waals surface area contributed by atoms with Gasteiger partial charge in [-0.25, -0.2) is 0 Å². The Morgan fingerprint density at radius 1 is 1.14 bits per heavy atom. The molecule has 2 nitrogen and oxygen atoms in total. The molecule has 0 fully saturated rings. The SMILES string of the molecule is COc1ccc(-c2cscc2N)cc1. The van der Waals surface area contributed by atoms with Crippen molar-refractivity contribution >= 4 is 17.0 Å². The largest absolute Gasteiger partial charge is 0.497 e. The van der Waals surface area contributed by atoms with Gasteiger partial charge in [-0.2, -0.15) is 0 Å². The first kappa shape index (κ1) is 9.09. The van der Waals surface area contributed by atoms with Crippen molar-refractivity contribution in [3.63, 3.8) is 0 Å². The van der Waals surface area contributed by atoms with Gasteiger partial charge >= 0.3 is 0 Å². The van der Waals surface area contributed by atoms with E-state index in [4.69, 9.17) is 10.5 Å². The second-order valence-electron chi connectivity index (χ2n) is 2.97. The van der Waals surface area contributed by atoms with Crippen LogP contribution >= 0.6 is 11.3 Å². The van der Waals surface area contributed by atoms with Crippen molar-refractivity contribution in [2.24, 2.45) is 0 Å². The lowest BCUT2D eigenvalue weighted by Crippen LogP contribution is -1.85. The van der Waals surface area contributed by atoms with Crippen LogP contribution in [-0.4, -0.2) is 7.11 Å². The molecule has 2 rings (SSSR count). The zero-order valence-corrected chi connectivity index (χ0v) is 8.67. The first-order valence-corrected chi connectivity index (χ1v) is 5.21. The van der Waals surface area contributed by atoms with E-state index < -0.39 is 0 Å². The molecule has 0 unspecified atom stereocenters. The van der Waals surface area contributed by atoms with Gasteiger partial charge in [0.25, 0.3) is 0 Å². The number of rotatable bonds is 2. The van der Waals surface area contributed by atoms with Crippen LogP contribution < -0.4 is 10.5 Å². The highest BCUT2D eigenvalue weighted by Crippen LogP contribution is 2.30. The fourth-order valence-electron chi connectivity index (χ4n) is 1.31. The highest BCUT2D eigenvalue weighted by Gasteiger charge is 2.02. The monoisotopic (exact) mass is 205 g/mol. The van der Waals surface area contributed by atoms with Crippen LogP contribution in [-0.2, 0) is 0 Å². The maximum Gasteiger partial charge on any atom is 0.118 e. The van der Waals surface area contributed by atoms with Crippen LogP contribution in [0.5, 0.6) is 5.75 Å². The van der Waals surface area contributed by atoms with Gasteiger partial charge in [0.1, 0.15) is 5.75 Å². The topological polar surface area (TPSA) is 35.2 Å². The molecule has 2 N–H and O–H groups in total. The summed E-state index contributed by atoms with van der Waals surface area (Å²) < 4.78 is 5.09. The minimum atomic E-state index is 0.833. The Labute approximate surface area is 86.9 Å². The quantitative estimate of drug-likeness (QED) is 0.818. The van der Waals surface area contributed by atoms with E-state index in [1.165, 1.54) is 0 Å². The number of methoxy groups -OCH3 is 1. The number of nitrogens with two attached hydrogens (primary N) is 1. The van der Waals surface area contributed by atoms with Gasteiger partial charge in [0.05, 0.1) is 12.8 Å². The van der Waals surface area contributed by atoms with Crippen LogP contribution in [0.3, 0.4) is 0 Å². The smallest absolute Gasteiger partial charge is 0.118 e. The first-order chi connectivity index (χ1) is 6.81. The molecule has 1 aromatic heterocycles. The fraction of sp³-hybridized carbons (Fsp3) is 0.0909. The maximum atomic E-state index is 5.82. The third-order valence-electron chi connectivity index (χ3n) is 2.09. The van der Waals surface area contributed by atoms with Gasteiger partial charge in [-0.15, -0.1) is 11.3 Å². The van der Waals surface area contributed by atoms with Crippen molar-refractivity contribution in [2.45, 2.75) is 0 Å². The predicted molar refractivity (Wildman–Crippen MR) is 60.7 cm³/mol. The third kappa shape index (κ3) is 1.59. The Kier molecular flexibility index (Phi) is 2.41. The lowest BCUT2D eigenvalue weighted by atomic mass is 10.1. The lowest BCUT2D eigenvalue weighted by molar-refractivity contribution is 0.415. The average Bonchev–Trinajstić information content (AvgIpc) is 2.65. The van der Waals surface area contributed by atoms with E-state index >= 15 is 0 Å². The summed E-state index contributed by atoms with van der Waals surface area (Å²) in [6.07, 6.45) is 0. The van der Waals surface area contributed by atoms with Crippen molar-refractivity contribution in [1.29, 1.82) is 0 Å². The molecule has 0 saturated carbocycles. The number of anilines is 1.